The monoisotopic (exact) mass is 609 g/mol. The SMILES string of the molecule is Cc1c(C(=O)O)cccc1-c1ccc(CNC(=O)C2CC2c2ccccc2)c2c1CCN(C(=O)c1cccc(-n3cccc3)c1)C2. The summed E-state index contributed by atoms with van der Waals surface area (Å²) in [5.74, 6) is -0.752. The predicted octanol–water partition coefficient (Wildman–Crippen LogP) is 6.77. The van der Waals surface area contributed by atoms with Gasteiger partial charge in [-0.15, -0.1) is 0 Å². The molecule has 7 heteroatoms. The molecule has 2 N–H and O–H groups in total. The quantitative estimate of drug-likeness (QED) is 0.203. The van der Waals surface area contributed by atoms with Gasteiger partial charge in [-0.05, 0) is 101 Å². The lowest BCUT2D eigenvalue weighted by Crippen LogP contribution is -2.37. The second-order valence-electron chi connectivity index (χ2n) is 12.2. The fourth-order valence-corrected chi connectivity index (χ4v) is 6.85. The number of amides is 2. The average molecular weight is 610 g/mol. The van der Waals surface area contributed by atoms with Gasteiger partial charge in [0.2, 0.25) is 5.91 Å². The van der Waals surface area contributed by atoms with Gasteiger partial charge in [0.1, 0.15) is 0 Å². The first kappa shape index (κ1) is 29.3. The third-order valence-corrected chi connectivity index (χ3v) is 9.45. The van der Waals surface area contributed by atoms with Crippen molar-refractivity contribution in [3.05, 3.63) is 148 Å². The maximum absolute atomic E-state index is 13.9. The van der Waals surface area contributed by atoms with E-state index >= 15 is 0 Å². The van der Waals surface area contributed by atoms with E-state index in [-0.39, 0.29) is 29.2 Å². The molecule has 2 unspecified atom stereocenters. The number of nitrogens with one attached hydrogen (secondary N) is 1. The molecule has 0 radical (unpaired) electrons. The molecule has 0 spiro atoms. The van der Waals surface area contributed by atoms with Gasteiger partial charge in [0.25, 0.3) is 5.91 Å². The number of nitrogens with zero attached hydrogens (tertiary/aromatic N) is 2. The van der Waals surface area contributed by atoms with Gasteiger partial charge < -0.3 is 19.9 Å². The number of rotatable bonds is 8. The third kappa shape index (κ3) is 5.60. The van der Waals surface area contributed by atoms with Crippen molar-refractivity contribution in [3.8, 4) is 16.8 Å². The molecule has 1 fully saturated rings. The van der Waals surface area contributed by atoms with Crippen LogP contribution in [0.15, 0.2) is 109 Å². The van der Waals surface area contributed by atoms with Crippen LogP contribution in [0, 0.1) is 12.8 Å². The molecule has 1 aliphatic carbocycles. The van der Waals surface area contributed by atoms with Gasteiger partial charge in [0.15, 0.2) is 0 Å². The van der Waals surface area contributed by atoms with Gasteiger partial charge in [0.05, 0.1) is 5.56 Å². The summed E-state index contributed by atoms with van der Waals surface area (Å²) in [4.78, 5) is 40.9. The van der Waals surface area contributed by atoms with Crippen LogP contribution in [0.4, 0.5) is 0 Å². The summed E-state index contributed by atoms with van der Waals surface area (Å²) in [7, 11) is 0. The molecule has 1 aliphatic heterocycles. The molecule has 5 aromatic rings. The van der Waals surface area contributed by atoms with Gasteiger partial charge in [-0.3, -0.25) is 9.59 Å². The average Bonchev–Trinajstić information content (AvgIpc) is 3.70. The highest BCUT2D eigenvalue weighted by atomic mass is 16.4. The van der Waals surface area contributed by atoms with Crippen molar-refractivity contribution in [2.24, 2.45) is 5.92 Å². The summed E-state index contributed by atoms with van der Waals surface area (Å²) < 4.78 is 1.98. The van der Waals surface area contributed by atoms with Crippen LogP contribution in [-0.4, -0.2) is 38.9 Å². The van der Waals surface area contributed by atoms with Crippen molar-refractivity contribution < 1.29 is 19.5 Å². The number of hydrogen-bond acceptors (Lipinski definition) is 3. The normalized spacial score (nSPS) is 16.8. The zero-order valence-electron chi connectivity index (χ0n) is 25.6. The lowest BCUT2D eigenvalue weighted by molar-refractivity contribution is -0.122. The highest BCUT2D eigenvalue weighted by Crippen LogP contribution is 2.47. The topological polar surface area (TPSA) is 91.6 Å². The lowest BCUT2D eigenvalue weighted by atomic mass is 9.85. The third-order valence-electron chi connectivity index (χ3n) is 9.45. The number of aromatic nitrogens is 1. The first-order chi connectivity index (χ1) is 22.4. The molecule has 2 aliphatic rings. The smallest absolute Gasteiger partial charge is 0.335 e. The van der Waals surface area contributed by atoms with E-state index in [4.69, 9.17) is 0 Å². The Kier molecular flexibility index (Phi) is 7.74. The largest absolute Gasteiger partial charge is 0.478 e. The predicted molar refractivity (Wildman–Crippen MR) is 177 cm³/mol. The van der Waals surface area contributed by atoms with Crippen LogP contribution < -0.4 is 5.32 Å². The fourth-order valence-electron chi connectivity index (χ4n) is 6.85. The fraction of sp³-hybridized carbons (Fsp3) is 0.205. The first-order valence-corrected chi connectivity index (χ1v) is 15.7. The highest BCUT2D eigenvalue weighted by Gasteiger charge is 2.43. The minimum absolute atomic E-state index is 0.0374. The van der Waals surface area contributed by atoms with E-state index in [1.807, 2.05) is 102 Å². The van der Waals surface area contributed by atoms with E-state index < -0.39 is 5.97 Å². The van der Waals surface area contributed by atoms with Crippen molar-refractivity contribution in [1.29, 1.82) is 0 Å². The molecular weight excluding hydrogens is 574 g/mol. The molecule has 2 heterocycles. The Balaban J connectivity index is 1.19. The van der Waals surface area contributed by atoms with E-state index in [1.165, 1.54) is 5.56 Å². The molecule has 7 nitrogen and oxygen atoms in total. The number of carbonyl (C=O) groups is 3. The second-order valence-corrected chi connectivity index (χ2v) is 12.2. The van der Waals surface area contributed by atoms with Crippen LogP contribution in [0.5, 0.6) is 0 Å². The number of carboxylic acids is 1. The van der Waals surface area contributed by atoms with Crippen LogP contribution in [-0.2, 0) is 24.3 Å². The molecule has 46 heavy (non-hydrogen) atoms. The number of carbonyl (C=O) groups excluding carboxylic acids is 2. The Hall–Kier alpha value is -5.43. The highest BCUT2D eigenvalue weighted by molar-refractivity contribution is 5.95. The van der Waals surface area contributed by atoms with E-state index in [0.717, 1.165) is 39.9 Å². The summed E-state index contributed by atoms with van der Waals surface area (Å²) >= 11 is 0. The Morgan fingerprint density at radius 2 is 1.63 bits per heavy atom. The molecular formula is C39H35N3O4. The molecule has 1 saturated carbocycles. The van der Waals surface area contributed by atoms with Gasteiger partial charge >= 0.3 is 5.97 Å². The zero-order chi connectivity index (χ0) is 31.8. The minimum Gasteiger partial charge on any atom is -0.478 e. The van der Waals surface area contributed by atoms with E-state index in [9.17, 15) is 19.5 Å². The van der Waals surface area contributed by atoms with E-state index in [1.54, 1.807) is 12.1 Å². The maximum atomic E-state index is 13.9. The molecule has 230 valence electrons. The number of benzene rings is 4. The van der Waals surface area contributed by atoms with E-state index in [0.29, 0.717) is 37.2 Å². The molecule has 0 bridgehead atoms. The van der Waals surface area contributed by atoms with Crippen molar-refractivity contribution >= 4 is 17.8 Å². The minimum atomic E-state index is -0.958. The summed E-state index contributed by atoms with van der Waals surface area (Å²) in [5.41, 5.74) is 8.62. The van der Waals surface area contributed by atoms with Gasteiger partial charge in [-0.1, -0.05) is 60.7 Å². The van der Waals surface area contributed by atoms with Gasteiger partial charge in [-0.25, -0.2) is 4.79 Å². The summed E-state index contributed by atoms with van der Waals surface area (Å²) in [6.45, 7) is 3.13. The number of carboxylic acid groups (broad SMARTS) is 1. The van der Waals surface area contributed by atoms with Crippen LogP contribution in [0.2, 0.25) is 0 Å². The van der Waals surface area contributed by atoms with Crippen molar-refractivity contribution in [3.63, 3.8) is 0 Å². The summed E-state index contributed by atoms with van der Waals surface area (Å²) in [6.07, 6.45) is 5.36. The second kappa shape index (κ2) is 12.2. The Labute approximate surface area is 268 Å². The van der Waals surface area contributed by atoms with Crippen molar-refractivity contribution in [2.75, 3.05) is 6.54 Å². The van der Waals surface area contributed by atoms with Gasteiger partial charge in [-0.2, -0.15) is 0 Å². The maximum Gasteiger partial charge on any atom is 0.335 e. The van der Waals surface area contributed by atoms with E-state index in [2.05, 4.69) is 17.4 Å². The van der Waals surface area contributed by atoms with Crippen LogP contribution in [0.3, 0.4) is 0 Å². The molecule has 2 atom stereocenters. The van der Waals surface area contributed by atoms with Crippen LogP contribution >= 0.6 is 0 Å². The Morgan fingerprint density at radius 1 is 0.848 bits per heavy atom. The zero-order valence-corrected chi connectivity index (χ0v) is 25.6. The summed E-state index contributed by atoms with van der Waals surface area (Å²) in [6, 6.07) is 31.1. The Morgan fingerprint density at radius 3 is 2.41 bits per heavy atom. The first-order valence-electron chi connectivity index (χ1n) is 15.7. The number of hydrogen-bond donors (Lipinski definition) is 2. The lowest BCUT2D eigenvalue weighted by Gasteiger charge is -2.32. The molecule has 4 aromatic carbocycles. The summed E-state index contributed by atoms with van der Waals surface area (Å²) in [5, 5.41) is 13.0. The standard InChI is InChI=1S/C39H35N3O4/c1-25-30(13-8-14-31(25)39(45)46)32-16-15-28(23-40-37(43)35-22-34(35)26-9-3-2-4-10-26)36-24-42(20-17-33(32)36)38(44)27-11-7-12-29(21-27)41-18-5-6-19-41/h2-16,18-19,21,34-35H,17,20,22-24H2,1H3,(H,40,43)(H,45,46). The van der Waals surface area contributed by atoms with Crippen molar-refractivity contribution in [1.82, 2.24) is 14.8 Å². The Bertz CT molecular complexity index is 1950. The molecule has 0 saturated heterocycles. The number of fused-ring (bicyclic) bond motifs is 1. The van der Waals surface area contributed by atoms with Crippen molar-refractivity contribution in [2.45, 2.75) is 38.8 Å². The van der Waals surface area contributed by atoms with Gasteiger partial charge in [0, 0.05) is 49.2 Å². The molecule has 1 aromatic heterocycles. The van der Waals surface area contributed by atoms with Crippen LogP contribution in [0.1, 0.15) is 60.9 Å². The molecule has 7 rings (SSSR count). The molecule has 2 amide bonds. The van der Waals surface area contributed by atoms with Crippen LogP contribution in [0.25, 0.3) is 16.8 Å². The number of aromatic carboxylic acids is 1.